The summed E-state index contributed by atoms with van der Waals surface area (Å²) < 4.78 is 24.9. The third kappa shape index (κ3) is 4.58. The molecule has 58 heavy (non-hydrogen) atoms. The summed E-state index contributed by atoms with van der Waals surface area (Å²) in [5.74, 6) is -4.31. The van der Waals surface area contributed by atoms with Crippen LogP contribution in [0.4, 0.5) is 11.4 Å². The van der Waals surface area contributed by atoms with Gasteiger partial charge in [-0.3, -0.25) is 9.59 Å². The molecular formula is C44H42N6O8. The molecule has 8 unspecified atom stereocenters. The van der Waals surface area contributed by atoms with Crippen molar-refractivity contribution in [2.75, 3.05) is 37.1 Å². The van der Waals surface area contributed by atoms with Crippen molar-refractivity contribution >= 4 is 35.1 Å². The lowest BCUT2D eigenvalue weighted by molar-refractivity contribution is -0.252. The summed E-state index contributed by atoms with van der Waals surface area (Å²) in [5, 5.41) is 22.2. The molecule has 2 amide bonds. The minimum absolute atomic E-state index is 0.0331. The van der Waals surface area contributed by atoms with Gasteiger partial charge in [-0.2, -0.15) is 10.5 Å². The van der Waals surface area contributed by atoms with Crippen molar-refractivity contribution in [2.45, 2.75) is 69.2 Å². The summed E-state index contributed by atoms with van der Waals surface area (Å²) in [6, 6.07) is 18.4. The zero-order valence-electron chi connectivity index (χ0n) is 32.6. The highest BCUT2D eigenvalue weighted by molar-refractivity contribution is 6.15. The van der Waals surface area contributed by atoms with Crippen LogP contribution in [-0.4, -0.2) is 79.4 Å². The number of hydrogen-bond donors (Lipinski definition) is 0. The SMILES string of the molecule is CCCCN1C(=O)C2(OC3C4C5C(C#N)=CC(N6C=C(C(=O)OC)C7(OC56)C(=O)N(CCCC)c5ccccc57)C4(C#N)C=CN3C=C2C(=O)OC)c2ccccc21. The Hall–Kier alpha value is -6.22. The van der Waals surface area contributed by atoms with Crippen molar-refractivity contribution in [1.29, 1.82) is 10.5 Å². The fourth-order valence-corrected chi connectivity index (χ4v) is 10.3. The van der Waals surface area contributed by atoms with Gasteiger partial charge >= 0.3 is 11.9 Å². The van der Waals surface area contributed by atoms with E-state index in [-0.39, 0.29) is 11.1 Å². The van der Waals surface area contributed by atoms with Gasteiger partial charge in [-0.05, 0) is 37.1 Å². The first-order valence-corrected chi connectivity index (χ1v) is 19.7. The average Bonchev–Trinajstić information content (AvgIpc) is 3.63. The number of nitrogens with zero attached hydrogens (tertiary/aromatic N) is 6. The number of ether oxygens (including phenoxy) is 4. The summed E-state index contributed by atoms with van der Waals surface area (Å²) in [7, 11) is 2.48. The molecule has 8 atom stereocenters. The van der Waals surface area contributed by atoms with Crippen LogP contribution in [0.2, 0.25) is 0 Å². The number of nitriles is 2. The van der Waals surface area contributed by atoms with Gasteiger partial charge in [0.25, 0.3) is 11.8 Å². The molecule has 7 aliphatic heterocycles. The number of benzene rings is 2. The van der Waals surface area contributed by atoms with Crippen LogP contribution in [0.25, 0.3) is 0 Å². The zero-order chi connectivity index (χ0) is 40.7. The van der Waals surface area contributed by atoms with Gasteiger partial charge in [0.05, 0.1) is 54.9 Å². The van der Waals surface area contributed by atoms with E-state index >= 15 is 0 Å². The number of anilines is 2. The largest absolute Gasteiger partial charge is 0.466 e. The predicted octanol–water partition coefficient (Wildman–Crippen LogP) is 4.62. The Labute approximate surface area is 335 Å². The Morgan fingerprint density at radius 2 is 1.33 bits per heavy atom. The summed E-state index contributed by atoms with van der Waals surface area (Å²) in [6.07, 6.45) is 9.04. The molecule has 1 saturated heterocycles. The van der Waals surface area contributed by atoms with Crippen LogP contribution in [-0.2, 0) is 49.3 Å². The lowest BCUT2D eigenvalue weighted by atomic mass is 9.54. The molecule has 2 bridgehead atoms. The second-order valence-corrected chi connectivity index (χ2v) is 15.6. The lowest BCUT2D eigenvalue weighted by Crippen LogP contribution is -2.73. The number of hydrogen-bond acceptors (Lipinski definition) is 12. The second kappa shape index (κ2) is 13.4. The van der Waals surface area contributed by atoms with Gasteiger partial charge in [-0.15, -0.1) is 0 Å². The van der Waals surface area contributed by atoms with E-state index in [9.17, 15) is 29.7 Å². The van der Waals surface area contributed by atoms with E-state index in [4.69, 9.17) is 18.9 Å². The minimum Gasteiger partial charge on any atom is -0.466 e. The highest BCUT2D eigenvalue weighted by atomic mass is 16.6. The van der Waals surface area contributed by atoms with Crippen molar-refractivity contribution in [1.82, 2.24) is 9.80 Å². The highest BCUT2D eigenvalue weighted by Crippen LogP contribution is 2.64. The standard InChI is InChI=1S/C44H42N6O8/c1-5-7-18-48-31-15-11-9-13-27(31)43(40(48)53)29(38(51)55-3)23-47-20-17-42(25-46)33-21-26(22-45)34(35(42)37(47)58-43)36-50(33)24-30(39(52)56-4)44(57-36)28-14-10-12-16-32(28)49(41(44)54)19-8-6-2/h9-17,20-21,23-24,33-37H,5-8,18-19H2,1-4H3. The van der Waals surface area contributed by atoms with Crippen LogP contribution in [0.3, 0.4) is 0 Å². The third-order valence-corrected chi connectivity index (χ3v) is 12.9. The zero-order valence-corrected chi connectivity index (χ0v) is 32.6. The highest BCUT2D eigenvalue weighted by Gasteiger charge is 2.72. The summed E-state index contributed by atoms with van der Waals surface area (Å²) in [4.78, 5) is 64.3. The van der Waals surface area contributed by atoms with Gasteiger partial charge in [-0.1, -0.05) is 63.1 Å². The van der Waals surface area contributed by atoms with Crippen LogP contribution >= 0.6 is 0 Å². The Balaban J connectivity index is 1.24. The molecule has 296 valence electrons. The van der Waals surface area contributed by atoms with Crippen LogP contribution < -0.4 is 9.80 Å². The van der Waals surface area contributed by atoms with E-state index in [1.54, 1.807) is 74.6 Å². The molecule has 2 aromatic rings. The van der Waals surface area contributed by atoms with Crippen molar-refractivity contribution in [3.63, 3.8) is 0 Å². The number of carbonyl (C=O) groups is 4. The maximum Gasteiger partial charge on any atom is 0.339 e. The average molecular weight is 783 g/mol. The summed E-state index contributed by atoms with van der Waals surface area (Å²) in [6.45, 7) is 4.81. The molecule has 2 spiro atoms. The monoisotopic (exact) mass is 782 g/mol. The van der Waals surface area contributed by atoms with Crippen molar-refractivity contribution in [3.8, 4) is 12.1 Å². The summed E-state index contributed by atoms with van der Waals surface area (Å²) in [5.41, 5.74) is -2.97. The number of piperidine rings is 1. The van der Waals surface area contributed by atoms with Gasteiger partial charge in [0.1, 0.15) is 17.9 Å². The Morgan fingerprint density at radius 1 is 0.793 bits per heavy atom. The number of amides is 2. The normalized spacial score (nSPS) is 32.0. The van der Waals surface area contributed by atoms with Gasteiger partial charge in [0.2, 0.25) is 11.2 Å². The van der Waals surface area contributed by atoms with E-state index in [1.807, 2.05) is 38.1 Å². The molecule has 10 rings (SSSR count). The minimum atomic E-state index is -1.95. The fourth-order valence-electron chi connectivity index (χ4n) is 10.3. The van der Waals surface area contributed by atoms with Gasteiger partial charge in [0, 0.05) is 60.2 Å². The first kappa shape index (κ1) is 37.4. The second-order valence-electron chi connectivity index (χ2n) is 15.6. The molecule has 8 aliphatic rings. The molecule has 14 nitrogen and oxygen atoms in total. The number of rotatable bonds is 8. The van der Waals surface area contributed by atoms with E-state index in [0.29, 0.717) is 54.0 Å². The molecular weight excluding hydrogens is 741 g/mol. The molecule has 7 heterocycles. The van der Waals surface area contributed by atoms with Crippen molar-refractivity contribution < 1.29 is 38.1 Å². The quantitative estimate of drug-likeness (QED) is 0.342. The molecule has 0 aromatic heterocycles. The Kier molecular flexibility index (Phi) is 8.65. The first-order chi connectivity index (χ1) is 28.1. The predicted molar refractivity (Wildman–Crippen MR) is 206 cm³/mol. The number of unbranched alkanes of at least 4 members (excludes halogenated alkanes) is 2. The number of esters is 2. The molecule has 0 saturated carbocycles. The van der Waals surface area contributed by atoms with E-state index in [1.165, 1.54) is 14.2 Å². The maximum absolute atomic E-state index is 15.0. The molecule has 14 heteroatoms. The van der Waals surface area contributed by atoms with Gasteiger partial charge in [0.15, 0.2) is 0 Å². The molecule has 1 aliphatic carbocycles. The number of para-hydroxylation sites is 2. The third-order valence-electron chi connectivity index (χ3n) is 12.9. The van der Waals surface area contributed by atoms with Crippen LogP contribution in [0.15, 0.2) is 96.0 Å². The molecule has 0 N–H and O–H groups in total. The summed E-state index contributed by atoms with van der Waals surface area (Å²) >= 11 is 0. The van der Waals surface area contributed by atoms with Crippen LogP contribution in [0, 0.1) is 39.9 Å². The number of carbonyl (C=O) groups excluding carboxylic acids is 4. The molecule has 2 aromatic carbocycles. The van der Waals surface area contributed by atoms with Gasteiger partial charge in [-0.25, -0.2) is 9.59 Å². The first-order valence-electron chi connectivity index (χ1n) is 19.7. The fraction of sp³-hybridized carbons (Fsp3) is 0.409. The molecule has 1 fully saturated rings. The van der Waals surface area contributed by atoms with Crippen LogP contribution in [0.5, 0.6) is 0 Å². The maximum atomic E-state index is 15.0. The smallest absolute Gasteiger partial charge is 0.339 e. The van der Waals surface area contributed by atoms with Crippen molar-refractivity contribution in [3.05, 3.63) is 107 Å². The Morgan fingerprint density at radius 3 is 1.84 bits per heavy atom. The number of methoxy groups -OCH3 is 2. The van der Waals surface area contributed by atoms with E-state index in [2.05, 4.69) is 12.1 Å². The van der Waals surface area contributed by atoms with Gasteiger partial charge < -0.3 is 38.5 Å². The van der Waals surface area contributed by atoms with Crippen molar-refractivity contribution in [2.24, 2.45) is 17.3 Å². The molecule has 0 radical (unpaired) electrons. The Bertz CT molecular complexity index is 2380. The number of fused-ring (bicyclic) bond motifs is 5. The van der Waals surface area contributed by atoms with E-state index < -0.39 is 70.7 Å². The van der Waals surface area contributed by atoms with Crippen LogP contribution in [0.1, 0.15) is 50.7 Å². The van der Waals surface area contributed by atoms with E-state index in [0.717, 1.165) is 12.8 Å². The topological polar surface area (TPSA) is 166 Å². The lowest BCUT2D eigenvalue weighted by Gasteiger charge is -2.64.